The molecule has 0 spiro atoms. The second kappa shape index (κ2) is 7.62. The Morgan fingerprint density at radius 1 is 1.07 bits per heavy atom. The van der Waals surface area contributed by atoms with Gasteiger partial charge in [-0.3, -0.25) is 9.69 Å². The summed E-state index contributed by atoms with van der Waals surface area (Å²) in [6.07, 6.45) is 8.11. The lowest BCUT2D eigenvalue weighted by Gasteiger charge is -2.55. The van der Waals surface area contributed by atoms with Crippen LogP contribution in [-0.2, 0) is 11.3 Å². The third-order valence-corrected chi connectivity index (χ3v) is 8.31. The minimum Gasteiger partial charge on any atom is -0.358 e. The third-order valence-electron chi connectivity index (χ3n) is 7.94. The minimum atomic E-state index is -0.0735. The number of carbonyl (C=O) groups is 1. The number of nitrogens with one attached hydrogen (secondary N) is 2. The maximum Gasteiger partial charge on any atom is 0.237 e. The van der Waals surface area contributed by atoms with Gasteiger partial charge in [0, 0.05) is 37.2 Å². The number of likely N-dealkylation sites (tertiary alicyclic amines) is 1. The molecule has 1 heterocycles. The number of benzene rings is 1. The van der Waals surface area contributed by atoms with Crippen LogP contribution in [0.3, 0.4) is 0 Å². The van der Waals surface area contributed by atoms with E-state index in [9.17, 15) is 4.79 Å². The van der Waals surface area contributed by atoms with E-state index in [1.807, 2.05) is 18.2 Å². The molecule has 0 unspecified atom stereocenters. The summed E-state index contributed by atoms with van der Waals surface area (Å²) in [7, 11) is 1.74. The normalized spacial score (nSPS) is 39.4. The van der Waals surface area contributed by atoms with Crippen LogP contribution < -0.4 is 10.6 Å². The lowest BCUT2D eigenvalue weighted by Crippen LogP contribution is -2.57. The molecule has 2 atom stereocenters. The van der Waals surface area contributed by atoms with Gasteiger partial charge in [-0.1, -0.05) is 29.8 Å². The number of carbonyl (C=O) groups excluding carboxylic acids is 1. The summed E-state index contributed by atoms with van der Waals surface area (Å²) in [6, 6.07) is 8.99. The molecule has 5 aliphatic rings. The highest BCUT2D eigenvalue weighted by atomic mass is 35.5. The van der Waals surface area contributed by atoms with Crippen LogP contribution in [0.25, 0.3) is 0 Å². The first-order valence-corrected chi connectivity index (χ1v) is 11.4. The highest BCUT2D eigenvalue weighted by molar-refractivity contribution is 6.31. The van der Waals surface area contributed by atoms with Gasteiger partial charge in [-0.25, -0.2) is 0 Å². The predicted molar refractivity (Wildman–Crippen MR) is 112 cm³/mol. The molecule has 1 aromatic carbocycles. The van der Waals surface area contributed by atoms with Crippen molar-refractivity contribution in [1.82, 2.24) is 15.5 Å². The molecule has 1 amide bonds. The summed E-state index contributed by atoms with van der Waals surface area (Å²) in [6.45, 7) is 1.66. The molecule has 152 valence electrons. The molecular weight excluding hydrogens is 370 g/mol. The molecule has 6 rings (SSSR count). The number of likely N-dealkylation sites (N-methyl/N-ethyl adjacent to an activating group) is 1. The van der Waals surface area contributed by atoms with Gasteiger partial charge in [0.2, 0.25) is 5.91 Å². The molecule has 4 aliphatic carbocycles. The van der Waals surface area contributed by atoms with Gasteiger partial charge >= 0.3 is 0 Å². The van der Waals surface area contributed by atoms with Crippen molar-refractivity contribution in [3.05, 3.63) is 34.9 Å². The van der Waals surface area contributed by atoms with E-state index in [0.29, 0.717) is 12.1 Å². The average molecular weight is 402 g/mol. The first-order valence-electron chi connectivity index (χ1n) is 11.1. The standard InChI is InChI=1S/C23H32ClN3O/c1-25-23(28)21-11-19(13-27(21)12-16-4-2-3-5-20(16)24)26-22-17-7-14-6-15(9-17)10-18(22)8-14/h2-5,14-15,17-19,21-22,26H,6-13H2,1H3,(H,25,28)/t14?,15?,17?,18?,19-,21-,22?/m0/s1. The Hall–Kier alpha value is -1.10. The van der Waals surface area contributed by atoms with Gasteiger partial charge in [0.1, 0.15) is 0 Å². The van der Waals surface area contributed by atoms with E-state index < -0.39 is 0 Å². The molecule has 1 aliphatic heterocycles. The number of hydrogen-bond donors (Lipinski definition) is 2. The molecule has 0 radical (unpaired) electrons. The van der Waals surface area contributed by atoms with Crippen molar-refractivity contribution in [3.63, 3.8) is 0 Å². The van der Waals surface area contributed by atoms with Gasteiger partial charge in [-0.2, -0.15) is 0 Å². The van der Waals surface area contributed by atoms with Crippen molar-refractivity contribution in [2.75, 3.05) is 13.6 Å². The number of hydrogen-bond acceptors (Lipinski definition) is 3. The van der Waals surface area contributed by atoms with E-state index in [-0.39, 0.29) is 11.9 Å². The van der Waals surface area contributed by atoms with Gasteiger partial charge in [-0.05, 0) is 73.8 Å². The summed E-state index contributed by atoms with van der Waals surface area (Å²) < 4.78 is 0. The lowest BCUT2D eigenvalue weighted by molar-refractivity contribution is -0.125. The van der Waals surface area contributed by atoms with Crippen LogP contribution >= 0.6 is 11.6 Å². The number of rotatable bonds is 5. The molecule has 0 aromatic heterocycles. The fourth-order valence-corrected chi connectivity index (χ4v) is 7.15. The molecule has 1 aromatic rings. The summed E-state index contributed by atoms with van der Waals surface area (Å²) in [5, 5.41) is 7.70. The number of halogens is 1. The molecule has 4 bridgehead atoms. The SMILES string of the molecule is CNC(=O)[C@@H]1C[C@H](NC2C3CC4CC(C3)CC2C4)CN1Cc1ccccc1Cl. The quantitative estimate of drug-likeness (QED) is 0.794. The molecule has 28 heavy (non-hydrogen) atoms. The average Bonchev–Trinajstić information content (AvgIpc) is 3.08. The zero-order chi connectivity index (χ0) is 19.3. The molecule has 5 fully saturated rings. The predicted octanol–water partition coefficient (Wildman–Crippen LogP) is 3.44. The Labute approximate surface area is 173 Å². The fourth-order valence-electron chi connectivity index (χ4n) is 6.95. The van der Waals surface area contributed by atoms with E-state index in [2.05, 4.69) is 21.6 Å². The van der Waals surface area contributed by atoms with Gasteiger partial charge in [0.05, 0.1) is 6.04 Å². The highest BCUT2D eigenvalue weighted by Gasteiger charge is 2.49. The third kappa shape index (κ3) is 3.48. The van der Waals surface area contributed by atoms with E-state index >= 15 is 0 Å². The van der Waals surface area contributed by atoms with Crippen LogP contribution in [0.15, 0.2) is 24.3 Å². The lowest BCUT2D eigenvalue weighted by atomic mass is 9.54. The smallest absolute Gasteiger partial charge is 0.237 e. The molecule has 4 saturated carbocycles. The van der Waals surface area contributed by atoms with E-state index in [1.54, 1.807) is 7.05 Å². The van der Waals surface area contributed by atoms with Crippen LogP contribution in [0.5, 0.6) is 0 Å². The second-order valence-corrected chi connectivity index (χ2v) is 10.1. The van der Waals surface area contributed by atoms with Crippen LogP contribution in [0.1, 0.15) is 44.1 Å². The Morgan fingerprint density at radius 3 is 2.39 bits per heavy atom. The zero-order valence-corrected chi connectivity index (χ0v) is 17.5. The van der Waals surface area contributed by atoms with Crippen LogP contribution in [0, 0.1) is 23.7 Å². The van der Waals surface area contributed by atoms with Crippen molar-refractivity contribution in [3.8, 4) is 0 Å². The van der Waals surface area contributed by atoms with Crippen LogP contribution in [-0.4, -0.2) is 42.5 Å². The van der Waals surface area contributed by atoms with Crippen molar-refractivity contribution < 1.29 is 4.79 Å². The second-order valence-electron chi connectivity index (χ2n) is 9.71. The van der Waals surface area contributed by atoms with Crippen LogP contribution in [0.4, 0.5) is 0 Å². The zero-order valence-electron chi connectivity index (χ0n) is 16.7. The van der Waals surface area contributed by atoms with Crippen molar-refractivity contribution in [2.24, 2.45) is 23.7 Å². The number of nitrogens with zero attached hydrogens (tertiary/aromatic N) is 1. The Bertz CT molecular complexity index is 710. The van der Waals surface area contributed by atoms with Crippen molar-refractivity contribution >= 4 is 17.5 Å². The maximum absolute atomic E-state index is 12.6. The van der Waals surface area contributed by atoms with Crippen LogP contribution in [0.2, 0.25) is 5.02 Å². The summed E-state index contributed by atoms with van der Waals surface area (Å²) in [4.78, 5) is 14.9. The van der Waals surface area contributed by atoms with Gasteiger partial charge < -0.3 is 10.6 Å². The minimum absolute atomic E-state index is 0.0735. The topological polar surface area (TPSA) is 44.4 Å². The number of amides is 1. The summed E-state index contributed by atoms with van der Waals surface area (Å²) in [5.74, 6) is 3.86. The van der Waals surface area contributed by atoms with E-state index in [4.69, 9.17) is 11.6 Å². The maximum atomic E-state index is 12.6. The van der Waals surface area contributed by atoms with Crippen molar-refractivity contribution in [1.29, 1.82) is 0 Å². The Morgan fingerprint density at radius 2 is 1.75 bits per heavy atom. The first kappa shape index (κ1) is 18.9. The summed E-state index contributed by atoms with van der Waals surface area (Å²) >= 11 is 6.40. The Kier molecular flexibility index (Phi) is 5.14. The van der Waals surface area contributed by atoms with E-state index in [0.717, 1.165) is 53.8 Å². The monoisotopic (exact) mass is 401 g/mol. The summed E-state index contributed by atoms with van der Waals surface area (Å²) in [5.41, 5.74) is 1.10. The molecule has 4 nitrogen and oxygen atoms in total. The first-order chi connectivity index (χ1) is 13.6. The molecule has 2 N–H and O–H groups in total. The molecular formula is C23H32ClN3O. The van der Waals surface area contributed by atoms with Gasteiger partial charge in [0.15, 0.2) is 0 Å². The largest absolute Gasteiger partial charge is 0.358 e. The molecule has 5 heteroatoms. The fraction of sp³-hybridized carbons (Fsp3) is 0.696. The van der Waals surface area contributed by atoms with Crippen molar-refractivity contribution in [2.45, 2.75) is 63.2 Å². The Balaban J connectivity index is 1.28. The van der Waals surface area contributed by atoms with E-state index in [1.165, 1.54) is 32.1 Å². The molecule has 1 saturated heterocycles. The highest BCUT2D eigenvalue weighted by Crippen LogP contribution is 2.53. The van der Waals surface area contributed by atoms with Gasteiger partial charge in [-0.15, -0.1) is 0 Å². The van der Waals surface area contributed by atoms with Gasteiger partial charge in [0.25, 0.3) is 0 Å².